The van der Waals surface area contributed by atoms with Crippen LogP contribution in [0.25, 0.3) is 0 Å². The van der Waals surface area contributed by atoms with E-state index in [1.165, 1.54) is 0 Å². The van der Waals surface area contributed by atoms with E-state index in [-0.39, 0.29) is 18.6 Å². The minimum absolute atomic E-state index is 0.202. The predicted octanol–water partition coefficient (Wildman–Crippen LogP) is 2.71. The molecule has 0 aliphatic heterocycles. The molecule has 1 aliphatic rings. The Morgan fingerprint density at radius 1 is 1.32 bits per heavy atom. The van der Waals surface area contributed by atoms with Gasteiger partial charge in [0.05, 0.1) is 5.02 Å². The average Bonchev–Trinajstić information content (AvgIpc) is 2.99. The first-order valence-corrected chi connectivity index (χ1v) is 7.81. The highest BCUT2D eigenvalue weighted by molar-refractivity contribution is 6.32. The van der Waals surface area contributed by atoms with Crippen LogP contribution in [0, 0.1) is 0 Å². The second kappa shape index (κ2) is 8.03. The maximum atomic E-state index is 11.9. The Bertz CT molecular complexity index is 529. The Hall–Kier alpha value is -1.75. The zero-order valence-electron chi connectivity index (χ0n) is 12.5. The van der Waals surface area contributed by atoms with Gasteiger partial charge >= 0.3 is 5.97 Å². The van der Waals surface area contributed by atoms with Crippen molar-refractivity contribution >= 4 is 23.5 Å². The van der Waals surface area contributed by atoms with Gasteiger partial charge < -0.3 is 14.8 Å². The summed E-state index contributed by atoms with van der Waals surface area (Å²) in [7, 11) is 0. The first-order chi connectivity index (χ1) is 10.6. The van der Waals surface area contributed by atoms with Gasteiger partial charge in [-0.25, -0.2) is 4.79 Å². The van der Waals surface area contributed by atoms with Crippen LogP contribution in [0.15, 0.2) is 24.3 Å². The van der Waals surface area contributed by atoms with Crippen LogP contribution in [0.1, 0.15) is 32.6 Å². The first kappa shape index (κ1) is 16.6. The fraction of sp³-hybridized carbons (Fsp3) is 0.500. The molecule has 1 atom stereocenters. The number of hydrogen-bond acceptors (Lipinski definition) is 4. The Kier molecular flexibility index (Phi) is 6.07. The van der Waals surface area contributed by atoms with Gasteiger partial charge in [0.15, 0.2) is 12.7 Å². The van der Waals surface area contributed by atoms with Crippen molar-refractivity contribution in [2.75, 3.05) is 6.61 Å². The van der Waals surface area contributed by atoms with E-state index in [2.05, 4.69) is 5.32 Å². The largest absolute Gasteiger partial charge is 0.480 e. The normalized spacial score (nSPS) is 16.1. The Morgan fingerprint density at radius 3 is 2.68 bits per heavy atom. The molecule has 0 spiro atoms. The van der Waals surface area contributed by atoms with Crippen molar-refractivity contribution in [1.29, 1.82) is 0 Å². The third-order valence-electron chi connectivity index (χ3n) is 3.56. The van der Waals surface area contributed by atoms with Gasteiger partial charge in [0.2, 0.25) is 0 Å². The average molecular weight is 326 g/mol. The Balaban J connectivity index is 1.73. The number of nitrogens with one attached hydrogen (secondary N) is 1. The zero-order valence-corrected chi connectivity index (χ0v) is 13.3. The third-order valence-corrected chi connectivity index (χ3v) is 3.87. The second-order valence-corrected chi connectivity index (χ2v) is 5.75. The van der Waals surface area contributed by atoms with Gasteiger partial charge in [-0.1, -0.05) is 36.6 Å². The van der Waals surface area contributed by atoms with Crippen molar-refractivity contribution in [3.8, 4) is 5.75 Å². The summed E-state index contributed by atoms with van der Waals surface area (Å²) in [5.74, 6) is -0.462. The highest BCUT2D eigenvalue weighted by atomic mass is 35.5. The van der Waals surface area contributed by atoms with Crippen LogP contribution in [0.5, 0.6) is 5.75 Å². The fourth-order valence-corrected chi connectivity index (χ4v) is 2.56. The van der Waals surface area contributed by atoms with E-state index in [0.717, 1.165) is 25.7 Å². The third kappa shape index (κ3) is 4.91. The quantitative estimate of drug-likeness (QED) is 0.817. The molecule has 0 saturated heterocycles. The molecule has 0 heterocycles. The van der Waals surface area contributed by atoms with Crippen molar-refractivity contribution in [3.05, 3.63) is 29.3 Å². The minimum atomic E-state index is -0.831. The van der Waals surface area contributed by atoms with E-state index in [1.54, 1.807) is 31.2 Å². The van der Waals surface area contributed by atoms with Gasteiger partial charge in [-0.3, -0.25) is 4.79 Å². The number of benzene rings is 1. The molecule has 1 saturated carbocycles. The standard InChI is InChI=1S/C16H20ClNO4/c1-11(16(20)18-12-6-2-3-7-12)22-15(19)10-21-14-9-5-4-8-13(14)17/h4-5,8-9,11-12H,2-3,6-7,10H2,1H3,(H,18,20)/t11-/m1/s1. The SMILES string of the molecule is C[C@@H](OC(=O)COc1ccccc1Cl)C(=O)NC1CCCC1. The smallest absolute Gasteiger partial charge is 0.344 e. The molecule has 5 nitrogen and oxygen atoms in total. The molecule has 0 bridgehead atoms. The zero-order chi connectivity index (χ0) is 15.9. The summed E-state index contributed by atoms with van der Waals surface area (Å²) < 4.78 is 10.3. The van der Waals surface area contributed by atoms with E-state index >= 15 is 0 Å². The van der Waals surface area contributed by atoms with E-state index in [9.17, 15) is 9.59 Å². The molecule has 120 valence electrons. The summed E-state index contributed by atoms with van der Waals surface area (Å²) in [5, 5.41) is 3.31. The molecule has 0 unspecified atom stereocenters. The summed E-state index contributed by atoms with van der Waals surface area (Å²) in [6.45, 7) is 1.27. The van der Waals surface area contributed by atoms with Crippen LogP contribution < -0.4 is 10.1 Å². The van der Waals surface area contributed by atoms with Crippen LogP contribution in [-0.4, -0.2) is 30.6 Å². The molecule has 1 aromatic rings. The summed E-state index contributed by atoms with van der Waals surface area (Å²) in [5.41, 5.74) is 0. The number of carbonyl (C=O) groups excluding carboxylic acids is 2. The van der Waals surface area contributed by atoms with Crippen LogP contribution in [0.4, 0.5) is 0 Å². The Labute approximate surface area is 134 Å². The number of carbonyl (C=O) groups is 2. The summed E-state index contributed by atoms with van der Waals surface area (Å²) >= 11 is 5.92. The number of rotatable bonds is 6. The van der Waals surface area contributed by atoms with E-state index in [4.69, 9.17) is 21.1 Å². The second-order valence-electron chi connectivity index (χ2n) is 5.34. The minimum Gasteiger partial charge on any atom is -0.480 e. The monoisotopic (exact) mass is 325 g/mol. The molecule has 1 aliphatic carbocycles. The molecule has 0 radical (unpaired) electrons. The molecule has 1 aromatic carbocycles. The van der Waals surface area contributed by atoms with Gasteiger partial charge in [-0.05, 0) is 31.9 Å². The summed E-state index contributed by atoms with van der Waals surface area (Å²) in [4.78, 5) is 23.6. The lowest BCUT2D eigenvalue weighted by molar-refractivity contribution is -0.156. The van der Waals surface area contributed by atoms with E-state index in [1.807, 2.05) is 0 Å². The molecular formula is C16H20ClNO4. The maximum Gasteiger partial charge on any atom is 0.344 e. The molecule has 1 fully saturated rings. The summed E-state index contributed by atoms with van der Waals surface area (Å²) in [6.07, 6.45) is 3.41. The number of ether oxygens (including phenoxy) is 2. The number of amides is 1. The maximum absolute atomic E-state index is 11.9. The van der Waals surface area contributed by atoms with Crippen LogP contribution >= 0.6 is 11.6 Å². The van der Waals surface area contributed by atoms with Crippen molar-refractivity contribution in [2.45, 2.75) is 44.8 Å². The topological polar surface area (TPSA) is 64.6 Å². The molecule has 22 heavy (non-hydrogen) atoms. The van der Waals surface area contributed by atoms with Crippen molar-refractivity contribution in [2.24, 2.45) is 0 Å². The molecular weight excluding hydrogens is 306 g/mol. The van der Waals surface area contributed by atoms with Crippen LogP contribution in [-0.2, 0) is 14.3 Å². The summed E-state index contributed by atoms with van der Waals surface area (Å²) in [6, 6.07) is 7.05. The van der Waals surface area contributed by atoms with E-state index < -0.39 is 12.1 Å². The number of hydrogen-bond donors (Lipinski definition) is 1. The molecule has 2 rings (SSSR count). The highest BCUT2D eigenvalue weighted by Crippen LogP contribution is 2.23. The van der Waals surface area contributed by atoms with Crippen molar-refractivity contribution in [1.82, 2.24) is 5.32 Å². The van der Waals surface area contributed by atoms with Gasteiger partial charge in [0.1, 0.15) is 5.75 Å². The van der Waals surface area contributed by atoms with E-state index in [0.29, 0.717) is 10.8 Å². The number of halogens is 1. The van der Waals surface area contributed by atoms with Crippen LogP contribution in [0.2, 0.25) is 5.02 Å². The first-order valence-electron chi connectivity index (χ1n) is 7.43. The lowest BCUT2D eigenvalue weighted by Gasteiger charge is -2.17. The van der Waals surface area contributed by atoms with Crippen molar-refractivity contribution < 1.29 is 19.1 Å². The van der Waals surface area contributed by atoms with Gasteiger partial charge in [-0.2, -0.15) is 0 Å². The van der Waals surface area contributed by atoms with Gasteiger partial charge in [0.25, 0.3) is 5.91 Å². The Morgan fingerprint density at radius 2 is 2.00 bits per heavy atom. The highest BCUT2D eigenvalue weighted by Gasteiger charge is 2.23. The molecule has 1 amide bonds. The number of esters is 1. The van der Waals surface area contributed by atoms with Crippen LogP contribution in [0.3, 0.4) is 0 Å². The van der Waals surface area contributed by atoms with Crippen molar-refractivity contribution in [3.63, 3.8) is 0 Å². The molecule has 6 heteroatoms. The molecule has 1 N–H and O–H groups in total. The lowest BCUT2D eigenvalue weighted by atomic mass is 10.2. The lowest BCUT2D eigenvalue weighted by Crippen LogP contribution is -2.41. The predicted molar refractivity (Wildman–Crippen MR) is 82.9 cm³/mol. The number of para-hydroxylation sites is 1. The van der Waals surface area contributed by atoms with Gasteiger partial charge in [-0.15, -0.1) is 0 Å². The molecule has 0 aromatic heterocycles. The fourth-order valence-electron chi connectivity index (χ4n) is 2.37. The van der Waals surface area contributed by atoms with Gasteiger partial charge in [0, 0.05) is 6.04 Å².